The molecule has 1 saturated heterocycles. The summed E-state index contributed by atoms with van der Waals surface area (Å²) >= 11 is 0. The van der Waals surface area contributed by atoms with Crippen LogP contribution in [0.25, 0.3) is 0 Å². The summed E-state index contributed by atoms with van der Waals surface area (Å²) in [5.74, 6) is 0.772. The van der Waals surface area contributed by atoms with Crippen LogP contribution in [0.2, 0.25) is 0 Å². The van der Waals surface area contributed by atoms with E-state index in [0.29, 0.717) is 38.8 Å². The van der Waals surface area contributed by atoms with Crippen molar-refractivity contribution in [3.63, 3.8) is 0 Å². The molecule has 0 aliphatic carbocycles. The average Bonchev–Trinajstić information content (AvgIpc) is 2.52. The van der Waals surface area contributed by atoms with Crippen molar-refractivity contribution in [2.45, 2.75) is 12.8 Å². The van der Waals surface area contributed by atoms with E-state index in [1.54, 1.807) is 7.05 Å². The van der Waals surface area contributed by atoms with E-state index in [2.05, 4.69) is 16.9 Å². The van der Waals surface area contributed by atoms with Crippen LogP contribution in [0.15, 0.2) is 17.6 Å². The molecule has 0 spiro atoms. The van der Waals surface area contributed by atoms with Crippen LogP contribution >= 0.6 is 0 Å². The lowest BCUT2D eigenvalue weighted by molar-refractivity contribution is 0.0730. The van der Waals surface area contributed by atoms with Gasteiger partial charge in [-0.3, -0.25) is 4.99 Å². The number of morpholine rings is 1. The van der Waals surface area contributed by atoms with E-state index in [1.807, 2.05) is 18.0 Å². The van der Waals surface area contributed by atoms with Crippen molar-refractivity contribution in [3.8, 4) is 0 Å². The van der Waals surface area contributed by atoms with Gasteiger partial charge < -0.3 is 15.0 Å². The number of nitrogens with zero attached hydrogens (tertiary/aromatic N) is 3. The van der Waals surface area contributed by atoms with E-state index < -0.39 is 10.0 Å². The second-order valence-electron chi connectivity index (χ2n) is 5.15. The van der Waals surface area contributed by atoms with Gasteiger partial charge in [-0.25, -0.2) is 8.42 Å². The first-order valence-corrected chi connectivity index (χ1v) is 9.20. The molecular formula is C14H28N4O3S. The van der Waals surface area contributed by atoms with Gasteiger partial charge in [0, 0.05) is 40.3 Å². The summed E-state index contributed by atoms with van der Waals surface area (Å²) in [6, 6.07) is 0. The number of hydrogen-bond donors (Lipinski definition) is 1. The van der Waals surface area contributed by atoms with Gasteiger partial charge in [0.2, 0.25) is 10.0 Å². The van der Waals surface area contributed by atoms with Crippen LogP contribution in [0.5, 0.6) is 0 Å². The Labute approximate surface area is 134 Å². The molecule has 0 radical (unpaired) electrons. The van der Waals surface area contributed by atoms with Crippen LogP contribution in [-0.4, -0.2) is 82.8 Å². The predicted molar refractivity (Wildman–Crippen MR) is 89.6 cm³/mol. The molecule has 0 bridgehead atoms. The van der Waals surface area contributed by atoms with Gasteiger partial charge in [-0.15, -0.1) is 6.58 Å². The van der Waals surface area contributed by atoms with Crippen LogP contribution in [-0.2, 0) is 14.8 Å². The van der Waals surface area contributed by atoms with Gasteiger partial charge in [-0.1, -0.05) is 6.08 Å². The first-order chi connectivity index (χ1) is 10.5. The maximum Gasteiger partial charge on any atom is 0.215 e. The third-order valence-corrected chi connectivity index (χ3v) is 5.35. The largest absolute Gasteiger partial charge is 0.379 e. The Morgan fingerprint density at radius 3 is 2.73 bits per heavy atom. The number of sulfonamides is 1. The molecule has 1 N–H and O–H groups in total. The third kappa shape index (κ3) is 6.33. The van der Waals surface area contributed by atoms with Crippen LogP contribution < -0.4 is 5.32 Å². The molecule has 0 saturated carbocycles. The van der Waals surface area contributed by atoms with E-state index >= 15 is 0 Å². The van der Waals surface area contributed by atoms with Crippen molar-refractivity contribution in [1.29, 1.82) is 0 Å². The number of hydrogen-bond acceptors (Lipinski definition) is 4. The first-order valence-electron chi connectivity index (χ1n) is 7.59. The summed E-state index contributed by atoms with van der Waals surface area (Å²) < 4.78 is 31.1. The molecule has 0 aromatic rings. The Hall–Kier alpha value is -1.12. The summed E-state index contributed by atoms with van der Waals surface area (Å²) in [6.45, 7) is 6.72. The van der Waals surface area contributed by atoms with E-state index in [9.17, 15) is 8.42 Å². The minimum Gasteiger partial charge on any atom is -0.379 e. The number of nitrogens with one attached hydrogen (secondary N) is 1. The molecular weight excluding hydrogens is 304 g/mol. The number of ether oxygens (including phenoxy) is 1. The minimum absolute atomic E-state index is 0.0620. The highest BCUT2D eigenvalue weighted by Crippen LogP contribution is 2.05. The summed E-state index contributed by atoms with van der Waals surface area (Å²) in [5.41, 5.74) is 0. The number of allylic oxidation sites excluding steroid dienone is 1. The number of aliphatic imine (C=N–C) groups is 1. The predicted octanol–water partition coefficient (Wildman–Crippen LogP) is 0.122. The molecule has 8 heteroatoms. The fourth-order valence-electron chi connectivity index (χ4n) is 2.21. The summed E-state index contributed by atoms with van der Waals surface area (Å²) in [5, 5.41) is 3.10. The quantitative estimate of drug-likeness (QED) is 0.296. The van der Waals surface area contributed by atoms with Gasteiger partial charge >= 0.3 is 0 Å². The standard InChI is InChI=1S/C14H28N4O3S/c1-4-5-6-8-17(3)14(15-2)16-7-13-22(19,20)18-9-11-21-12-10-18/h4H,1,5-13H2,2-3H3,(H,15,16). The van der Waals surface area contributed by atoms with Crippen molar-refractivity contribution in [2.75, 3.05) is 59.2 Å². The van der Waals surface area contributed by atoms with Gasteiger partial charge in [0.15, 0.2) is 5.96 Å². The molecule has 0 aromatic heterocycles. The molecule has 1 rings (SSSR count). The lowest BCUT2D eigenvalue weighted by Gasteiger charge is -2.26. The summed E-state index contributed by atoms with van der Waals surface area (Å²) in [6.07, 6.45) is 3.83. The van der Waals surface area contributed by atoms with Crippen molar-refractivity contribution in [1.82, 2.24) is 14.5 Å². The number of guanidine groups is 1. The van der Waals surface area contributed by atoms with E-state index in [-0.39, 0.29) is 5.75 Å². The number of unbranched alkanes of at least 4 members (excludes halogenated alkanes) is 1. The van der Waals surface area contributed by atoms with Gasteiger partial charge in [0.05, 0.1) is 19.0 Å². The van der Waals surface area contributed by atoms with Crippen LogP contribution in [0.1, 0.15) is 12.8 Å². The monoisotopic (exact) mass is 332 g/mol. The zero-order valence-corrected chi connectivity index (χ0v) is 14.4. The molecule has 0 amide bonds. The highest BCUT2D eigenvalue weighted by Gasteiger charge is 2.23. The van der Waals surface area contributed by atoms with E-state index in [4.69, 9.17) is 4.74 Å². The lowest BCUT2D eigenvalue weighted by Crippen LogP contribution is -2.45. The topological polar surface area (TPSA) is 74.2 Å². The zero-order chi connectivity index (χ0) is 16.4. The SMILES string of the molecule is C=CCCCN(C)C(=NC)NCCS(=O)(=O)N1CCOCC1. The van der Waals surface area contributed by atoms with Crippen LogP contribution in [0, 0.1) is 0 Å². The Kier molecular flexibility index (Phi) is 8.44. The average molecular weight is 332 g/mol. The molecule has 128 valence electrons. The maximum absolute atomic E-state index is 12.2. The molecule has 1 fully saturated rings. The molecule has 7 nitrogen and oxygen atoms in total. The van der Waals surface area contributed by atoms with Gasteiger partial charge in [-0.05, 0) is 12.8 Å². The summed E-state index contributed by atoms with van der Waals surface area (Å²) in [7, 11) is 0.407. The van der Waals surface area contributed by atoms with Crippen molar-refractivity contribution in [3.05, 3.63) is 12.7 Å². The lowest BCUT2D eigenvalue weighted by atomic mass is 10.3. The molecule has 0 atom stereocenters. The Morgan fingerprint density at radius 2 is 2.14 bits per heavy atom. The van der Waals surface area contributed by atoms with Gasteiger partial charge in [-0.2, -0.15) is 4.31 Å². The van der Waals surface area contributed by atoms with Crippen LogP contribution in [0.3, 0.4) is 0 Å². The molecule has 1 aliphatic rings. The smallest absolute Gasteiger partial charge is 0.215 e. The molecule has 22 heavy (non-hydrogen) atoms. The van der Waals surface area contributed by atoms with Gasteiger partial charge in [0.1, 0.15) is 0 Å². The summed E-state index contributed by atoms with van der Waals surface area (Å²) in [4.78, 5) is 6.17. The molecule has 0 aromatic carbocycles. The molecule has 1 heterocycles. The zero-order valence-electron chi connectivity index (χ0n) is 13.6. The minimum atomic E-state index is -3.23. The normalized spacial score (nSPS) is 17.3. The molecule has 1 aliphatic heterocycles. The highest BCUT2D eigenvalue weighted by atomic mass is 32.2. The Bertz CT molecular complexity index is 459. The van der Waals surface area contributed by atoms with Crippen molar-refractivity contribution >= 4 is 16.0 Å². The van der Waals surface area contributed by atoms with Crippen molar-refractivity contribution < 1.29 is 13.2 Å². The van der Waals surface area contributed by atoms with E-state index in [0.717, 1.165) is 19.4 Å². The van der Waals surface area contributed by atoms with E-state index in [1.165, 1.54) is 4.31 Å². The van der Waals surface area contributed by atoms with Crippen LogP contribution in [0.4, 0.5) is 0 Å². The first kappa shape index (κ1) is 18.9. The Morgan fingerprint density at radius 1 is 1.45 bits per heavy atom. The second kappa shape index (κ2) is 9.81. The van der Waals surface area contributed by atoms with Gasteiger partial charge in [0.25, 0.3) is 0 Å². The number of rotatable bonds is 8. The fourth-order valence-corrected chi connectivity index (χ4v) is 3.53. The van der Waals surface area contributed by atoms with Crippen molar-refractivity contribution in [2.24, 2.45) is 4.99 Å². The highest BCUT2D eigenvalue weighted by molar-refractivity contribution is 7.89. The third-order valence-electron chi connectivity index (χ3n) is 3.48. The fraction of sp³-hybridized carbons (Fsp3) is 0.786. The maximum atomic E-state index is 12.2. The molecule has 0 unspecified atom stereocenters. The Balaban J connectivity index is 2.38. The second-order valence-corrected chi connectivity index (χ2v) is 7.24.